The first kappa shape index (κ1) is 12.3. The molecule has 0 amide bonds. The van der Waals surface area contributed by atoms with Gasteiger partial charge in [0, 0.05) is 11.8 Å². The van der Waals surface area contributed by atoms with Gasteiger partial charge in [0.05, 0.1) is 0 Å². The molecule has 0 bridgehead atoms. The number of benzene rings is 1. The third-order valence-corrected chi connectivity index (χ3v) is 5.40. The van der Waals surface area contributed by atoms with E-state index in [1.165, 1.54) is 11.1 Å². The van der Waals surface area contributed by atoms with Crippen LogP contribution in [0.25, 0.3) is 0 Å². The molecule has 2 aliphatic carbocycles. The summed E-state index contributed by atoms with van der Waals surface area (Å²) in [6, 6.07) is 10.5. The summed E-state index contributed by atoms with van der Waals surface area (Å²) in [5.74, 6) is 0.817. The molecule has 0 spiro atoms. The molecule has 0 radical (unpaired) electrons. The summed E-state index contributed by atoms with van der Waals surface area (Å²) in [6.45, 7) is 2.14. The van der Waals surface area contributed by atoms with Crippen molar-refractivity contribution >= 4 is 23.2 Å². The van der Waals surface area contributed by atoms with Crippen molar-refractivity contribution in [2.75, 3.05) is 0 Å². The molecule has 3 atom stereocenters. The third kappa shape index (κ3) is 1.83. The maximum atomic E-state index is 6.63. The Labute approximate surface area is 118 Å². The van der Waals surface area contributed by atoms with Crippen LogP contribution < -0.4 is 0 Å². The molecule has 0 aliphatic heterocycles. The molecule has 0 nitrogen and oxygen atoms in total. The second-order valence-corrected chi connectivity index (χ2v) is 6.76. The van der Waals surface area contributed by atoms with Gasteiger partial charge in [-0.15, -0.1) is 23.2 Å². The quantitative estimate of drug-likeness (QED) is 0.628. The molecule has 3 rings (SSSR count). The SMILES string of the molecule is CC1CC2=CC=CC(c3ccccc3)C2C1(Cl)Cl. The average Bonchev–Trinajstić information content (AvgIpc) is 2.61. The number of hydrogen-bond acceptors (Lipinski definition) is 0. The zero-order chi connectivity index (χ0) is 12.8. The van der Waals surface area contributed by atoms with E-state index in [0.29, 0.717) is 11.8 Å². The van der Waals surface area contributed by atoms with E-state index in [2.05, 4.69) is 49.4 Å². The predicted octanol–water partition coefficient (Wildman–Crippen LogP) is 5.10. The van der Waals surface area contributed by atoms with Gasteiger partial charge < -0.3 is 0 Å². The highest BCUT2D eigenvalue weighted by molar-refractivity contribution is 6.49. The third-order valence-electron chi connectivity index (χ3n) is 4.19. The molecular weight excluding hydrogens is 263 g/mol. The first-order chi connectivity index (χ1) is 8.60. The molecule has 0 aromatic heterocycles. The van der Waals surface area contributed by atoms with Crippen molar-refractivity contribution in [1.82, 2.24) is 0 Å². The maximum Gasteiger partial charge on any atom is 0.128 e. The number of rotatable bonds is 1. The van der Waals surface area contributed by atoms with Crippen molar-refractivity contribution in [3.63, 3.8) is 0 Å². The van der Waals surface area contributed by atoms with E-state index in [9.17, 15) is 0 Å². The van der Waals surface area contributed by atoms with Gasteiger partial charge in [-0.05, 0) is 17.9 Å². The van der Waals surface area contributed by atoms with Crippen molar-refractivity contribution in [3.05, 3.63) is 59.7 Å². The van der Waals surface area contributed by atoms with Gasteiger partial charge in [-0.25, -0.2) is 0 Å². The number of fused-ring (bicyclic) bond motifs is 1. The van der Waals surface area contributed by atoms with E-state index in [-0.39, 0.29) is 5.92 Å². The standard InChI is InChI=1S/C16H16Cl2/c1-11-10-13-8-5-9-14(15(13)16(11,17)18)12-6-3-2-4-7-12/h2-9,11,14-15H,10H2,1H3. The highest BCUT2D eigenvalue weighted by Crippen LogP contribution is 2.57. The highest BCUT2D eigenvalue weighted by atomic mass is 35.5. The van der Waals surface area contributed by atoms with Gasteiger partial charge in [0.2, 0.25) is 0 Å². The van der Waals surface area contributed by atoms with E-state index >= 15 is 0 Å². The highest BCUT2D eigenvalue weighted by Gasteiger charge is 2.51. The van der Waals surface area contributed by atoms with Gasteiger partial charge in [-0.2, -0.15) is 0 Å². The van der Waals surface area contributed by atoms with Crippen molar-refractivity contribution < 1.29 is 0 Å². The van der Waals surface area contributed by atoms with Crippen molar-refractivity contribution in [2.24, 2.45) is 11.8 Å². The molecule has 1 aromatic rings. The molecule has 0 saturated heterocycles. The van der Waals surface area contributed by atoms with Crippen LogP contribution >= 0.6 is 23.2 Å². The van der Waals surface area contributed by atoms with Crippen LogP contribution in [0.15, 0.2) is 54.1 Å². The Morgan fingerprint density at radius 2 is 1.89 bits per heavy atom. The Bertz CT molecular complexity index is 499. The van der Waals surface area contributed by atoms with Crippen LogP contribution in [-0.2, 0) is 0 Å². The Morgan fingerprint density at radius 3 is 2.61 bits per heavy atom. The van der Waals surface area contributed by atoms with Gasteiger partial charge >= 0.3 is 0 Å². The molecule has 1 fully saturated rings. The van der Waals surface area contributed by atoms with Crippen LogP contribution in [0.4, 0.5) is 0 Å². The number of hydrogen-bond donors (Lipinski definition) is 0. The summed E-state index contributed by atoms with van der Waals surface area (Å²) >= 11 is 13.3. The lowest BCUT2D eigenvalue weighted by molar-refractivity contribution is 0.465. The van der Waals surface area contributed by atoms with Gasteiger partial charge in [-0.1, -0.05) is 61.1 Å². The smallest absolute Gasteiger partial charge is 0.101 e. The maximum absolute atomic E-state index is 6.63. The average molecular weight is 279 g/mol. The lowest BCUT2D eigenvalue weighted by Crippen LogP contribution is -2.30. The molecule has 0 N–H and O–H groups in total. The lowest BCUT2D eigenvalue weighted by atomic mass is 9.79. The minimum absolute atomic E-state index is 0.211. The molecule has 1 aromatic carbocycles. The molecule has 18 heavy (non-hydrogen) atoms. The molecular formula is C16H16Cl2. The van der Waals surface area contributed by atoms with Gasteiger partial charge in [0.15, 0.2) is 0 Å². The summed E-state index contributed by atoms with van der Waals surface area (Å²) in [6.07, 6.45) is 7.56. The van der Waals surface area contributed by atoms with E-state index in [0.717, 1.165) is 6.42 Å². The van der Waals surface area contributed by atoms with Crippen LogP contribution in [0.5, 0.6) is 0 Å². The van der Waals surface area contributed by atoms with E-state index < -0.39 is 4.33 Å². The van der Waals surface area contributed by atoms with Crippen molar-refractivity contribution in [3.8, 4) is 0 Å². The van der Waals surface area contributed by atoms with Crippen LogP contribution in [-0.4, -0.2) is 4.33 Å². The van der Waals surface area contributed by atoms with Gasteiger partial charge in [0.1, 0.15) is 4.33 Å². The minimum Gasteiger partial charge on any atom is -0.101 e. The van der Waals surface area contributed by atoms with Crippen molar-refractivity contribution in [1.29, 1.82) is 0 Å². The normalized spacial score (nSPS) is 33.1. The largest absolute Gasteiger partial charge is 0.128 e. The summed E-state index contributed by atoms with van der Waals surface area (Å²) in [5, 5.41) is 0. The molecule has 94 valence electrons. The fourth-order valence-corrected chi connectivity index (χ4v) is 3.91. The first-order valence-corrected chi connectivity index (χ1v) is 7.16. The van der Waals surface area contributed by atoms with E-state index in [1.54, 1.807) is 0 Å². The van der Waals surface area contributed by atoms with Crippen LogP contribution in [0.3, 0.4) is 0 Å². The summed E-state index contributed by atoms with van der Waals surface area (Å²) in [4.78, 5) is 0. The molecule has 3 unspecified atom stereocenters. The fourth-order valence-electron chi connectivity index (χ4n) is 3.20. The monoisotopic (exact) mass is 278 g/mol. The Morgan fingerprint density at radius 1 is 1.17 bits per heavy atom. The predicted molar refractivity (Wildman–Crippen MR) is 78.1 cm³/mol. The Kier molecular flexibility index (Phi) is 3.03. The number of alkyl halides is 2. The lowest BCUT2D eigenvalue weighted by Gasteiger charge is -2.33. The van der Waals surface area contributed by atoms with E-state index in [4.69, 9.17) is 23.2 Å². The molecule has 2 heteroatoms. The fraction of sp³-hybridized carbons (Fsp3) is 0.375. The summed E-state index contributed by atoms with van der Waals surface area (Å²) < 4.78 is -0.656. The Hall–Kier alpha value is -0.720. The van der Waals surface area contributed by atoms with Crippen molar-refractivity contribution in [2.45, 2.75) is 23.6 Å². The second kappa shape index (κ2) is 4.43. The summed E-state index contributed by atoms with van der Waals surface area (Å²) in [5.41, 5.74) is 2.69. The molecule has 1 saturated carbocycles. The summed E-state index contributed by atoms with van der Waals surface area (Å²) in [7, 11) is 0. The first-order valence-electron chi connectivity index (χ1n) is 6.40. The number of allylic oxidation sites excluding steroid dienone is 4. The van der Waals surface area contributed by atoms with Gasteiger partial charge in [0.25, 0.3) is 0 Å². The second-order valence-electron chi connectivity index (χ2n) is 5.32. The van der Waals surface area contributed by atoms with Crippen LogP contribution in [0.1, 0.15) is 24.8 Å². The van der Waals surface area contributed by atoms with Crippen LogP contribution in [0, 0.1) is 11.8 Å². The Balaban J connectivity index is 2.03. The zero-order valence-corrected chi connectivity index (χ0v) is 11.8. The molecule has 0 heterocycles. The topological polar surface area (TPSA) is 0 Å². The van der Waals surface area contributed by atoms with Gasteiger partial charge in [-0.3, -0.25) is 0 Å². The zero-order valence-electron chi connectivity index (χ0n) is 10.3. The minimum atomic E-state index is -0.656. The number of halogens is 2. The molecule has 2 aliphatic rings. The van der Waals surface area contributed by atoms with E-state index in [1.807, 2.05) is 6.07 Å². The van der Waals surface area contributed by atoms with Crippen LogP contribution in [0.2, 0.25) is 0 Å².